The second kappa shape index (κ2) is 10.4. The van der Waals surface area contributed by atoms with Gasteiger partial charge in [0, 0.05) is 34.9 Å². The van der Waals surface area contributed by atoms with Crippen LogP contribution in [0.3, 0.4) is 0 Å². The molecule has 0 aliphatic heterocycles. The highest BCUT2D eigenvalue weighted by Gasteiger charge is 2.20. The van der Waals surface area contributed by atoms with E-state index in [0.29, 0.717) is 6.61 Å². The summed E-state index contributed by atoms with van der Waals surface area (Å²) >= 11 is 0. The van der Waals surface area contributed by atoms with Crippen LogP contribution in [0.5, 0.6) is 5.75 Å². The van der Waals surface area contributed by atoms with Gasteiger partial charge in [-0.1, -0.05) is 30.3 Å². The maximum atomic E-state index is 12.3. The number of hydrazone groups is 1. The van der Waals surface area contributed by atoms with Crippen molar-refractivity contribution in [3.8, 4) is 11.4 Å². The summed E-state index contributed by atoms with van der Waals surface area (Å²) in [4.78, 5) is 26.5. The Bertz CT molecular complexity index is 1380. The van der Waals surface area contributed by atoms with Gasteiger partial charge in [-0.15, -0.1) is 0 Å². The zero-order valence-corrected chi connectivity index (χ0v) is 19.2. The first-order chi connectivity index (χ1) is 16.9. The largest absolute Gasteiger partial charge is 0.489 e. The van der Waals surface area contributed by atoms with E-state index in [0.717, 1.165) is 34.0 Å². The minimum atomic E-state index is -0.756. The SMILES string of the molecule is Cc1cc(/C=N/NC(=O)c2ncccc2[N+](=O)[O-])c(C)n1-c1ccc(OCc2ccccc2)cc1. The van der Waals surface area contributed by atoms with E-state index in [1.165, 1.54) is 24.5 Å². The summed E-state index contributed by atoms with van der Waals surface area (Å²) in [6.45, 7) is 4.41. The van der Waals surface area contributed by atoms with Gasteiger partial charge in [0.05, 0.1) is 11.1 Å². The number of aryl methyl sites for hydroxylation is 1. The van der Waals surface area contributed by atoms with Gasteiger partial charge >= 0.3 is 5.69 Å². The maximum Gasteiger partial charge on any atom is 0.300 e. The van der Waals surface area contributed by atoms with Crippen LogP contribution in [-0.4, -0.2) is 26.6 Å². The molecular formula is C26H23N5O4. The molecule has 2 aromatic carbocycles. The van der Waals surface area contributed by atoms with Crippen molar-refractivity contribution in [2.24, 2.45) is 5.10 Å². The first-order valence-corrected chi connectivity index (χ1v) is 10.8. The zero-order valence-electron chi connectivity index (χ0n) is 19.2. The van der Waals surface area contributed by atoms with Crippen LogP contribution in [0.1, 0.15) is 33.0 Å². The highest BCUT2D eigenvalue weighted by Crippen LogP contribution is 2.23. The summed E-state index contributed by atoms with van der Waals surface area (Å²) in [5, 5.41) is 15.1. The molecule has 0 radical (unpaired) electrons. The number of amides is 1. The quantitative estimate of drug-likeness (QED) is 0.228. The lowest BCUT2D eigenvalue weighted by Crippen LogP contribution is -2.20. The Hall–Kier alpha value is -4.79. The minimum Gasteiger partial charge on any atom is -0.489 e. The first kappa shape index (κ1) is 23.4. The molecule has 2 heterocycles. The molecule has 4 rings (SSSR count). The molecule has 0 atom stereocenters. The number of nitro groups is 1. The molecule has 0 spiro atoms. The molecule has 1 N–H and O–H groups in total. The van der Waals surface area contributed by atoms with Gasteiger partial charge < -0.3 is 9.30 Å². The third-order valence-corrected chi connectivity index (χ3v) is 5.38. The van der Waals surface area contributed by atoms with Crippen molar-refractivity contribution >= 4 is 17.8 Å². The van der Waals surface area contributed by atoms with E-state index in [4.69, 9.17) is 4.74 Å². The van der Waals surface area contributed by atoms with Crippen LogP contribution in [0, 0.1) is 24.0 Å². The number of rotatable bonds is 8. The summed E-state index contributed by atoms with van der Waals surface area (Å²) < 4.78 is 7.93. The van der Waals surface area contributed by atoms with Crippen molar-refractivity contribution in [1.82, 2.24) is 15.0 Å². The second-order valence-corrected chi connectivity index (χ2v) is 7.76. The number of carbonyl (C=O) groups excluding carboxylic acids is 1. The molecular weight excluding hydrogens is 446 g/mol. The number of hydrogen-bond donors (Lipinski definition) is 1. The summed E-state index contributed by atoms with van der Waals surface area (Å²) in [7, 11) is 0. The number of carbonyl (C=O) groups is 1. The second-order valence-electron chi connectivity index (χ2n) is 7.76. The fourth-order valence-electron chi connectivity index (χ4n) is 3.68. The van der Waals surface area contributed by atoms with Crippen LogP contribution >= 0.6 is 0 Å². The van der Waals surface area contributed by atoms with Crippen LogP contribution in [0.25, 0.3) is 5.69 Å². The smallest absolute Gasteiger partial charge is 0.300 e. The Balaban J connectivity index is 1.45. The number of pyridine rings is 1. The topological polar surface area (TPSA) is 112 Å². The predicted molar refractivity (Wildman–Crippen MR) is 132 cm³/mol. The molecule has 0 unspecified atom stereocenters. The number of benzene rings is 2. The molecule has 1 amide bonds. The molecule has 0 fully saturated rings. The zero-order chi connectivity index (χ0) is 24.8. The highest BCUT2D eigenvalue weighted by molar-refractivity contribution is 5.96. The Morgan fingerprint density at radius 2 is 1.86 bits per heavy atom. The van der Waals surface area contributed by atoms with E-state index in [-0.39, 0.29) is 11.4 Å². The van der Waals surface area contributed by atoms with E-state index in [9.17, 15) is 14.9 Å². The fourth-order valence-corrected chi connectivity index (χ4v) is 3.68. The van der Waals surface area contributed by atoms with Gasteiger partial charge in [0.25, 0.3) is 5.91 Å². The highest BCUT2D eigenvalue weighted by atomic mass is 16.6. The van der Waals surface area contributed by atoms with Gasteiger partial charge in [0.15, 0.2) is 0 Å². The molecule has 0 saturated carbocycles. The normalized spacial score (nSPS) is 10.9. The lowest BCUT2D eigenvalue weighted by atomic mass is 10.2. The van der Waals surface area contributed by atoms with Crippen molar-refractivity contribution in [2.45, 2.75) is 20.5 Å². The summed E-state index contributed by atoms with van der Waals surface area (Å²) in [6, 6.07) is 22.3. The lowest BCUT2D eigenvalue weighted by Gasteiger charge is -2.11. The molecule has 2 aromatic heterocycles. The van der Waals surface area contributed by atoms with Crippen molar-refractivity contribution in [2.75, 3.05) is 0 Å². The van der Waals surface area contributed by atoms with Crippen molar-refractivity contribution in [3.63, 3.8) is 0 Å². The molecule has 9 nitrogen and oxygen atoms in total. The van der Waals surface area contributed by atoms with Crippen LogP contribution < -0.4 is 10.2 Å². The Morgan fingerprint density at radius 1 is 1.11 bits per heavy atom. The van der Waals surface area contributed by atoms with Gasteiger partial charge in [-0.3, -0.25) is 14.9 Å². The number of ether oxygens (including phenoxy) is 1. The van der Waals surface area contributed by atoms with Crippen LogP contribution in [-0.2, 0) is 6.61 Å². The Morgan fingerprint density at radius 3 is 2.57 bits per heavy atom. The lowest BCUT2D eigenvalue weighted by molar-refractivity contribution is -0.385. The third-order valence-electron chi connectivity index (χ3n) is 5.38. The molecule has 4 aromatic rings. The average Bonchev–Trinajstić information content (AvgIpc) is 3.16. The Labute approximate surface area is 201 Å². The molecule has 176 valence electrons. The van der Waals surface area contributed by atoms with Crippen molar-refractivity contribution in [3.05, 3.63) is 117 Å². The summed E-state index contributed by atoms with van der Waals surface area (Å²) in [6.07, 6.45) is 2.82. The molecule has 9 heteroatoms. The minimum absolute atomic E-state index is 0.297. The summed E-state index contributed by atoms with van der Waals surface area (Å²) in [5.74, 6) is 0.0154. The van der Waals surface area contributed by atoms with Gasteiger partial charge in [0.1, 0.15) is 12.4 Å². The maximum absolute atomic E-state index is 12.3. The number of nitrogens with one attached hydrogen (secondary N) is 1. The van der Waals surface area contributed by atoms with Crippen molar-refractivity contribution in [1.29, 1.82) is 0 Å². The van der Waals surface area contributed by atoms with Gasteiger partial charge in [-0.25, -0.2) is 10.4 Å². The molecule has 0 aliphatic rings. The fraction of sp³-hybridized carbons (Fsp3) is 0.115. The monoisotopic (exact) mass is 469 g/mol. The first-order valence-electron chi connectivity index (χ1n) is 10.8. The number of nitrogens with zero attached hydrogens (tertiary/aromatic N) is 4. The number of hydrogen-bond acceptors (Lipinski definition) is 6. The van der Waals surface area contributed by atoms with Gasteiger partial charge in [-0.05, 0) is 55.8 Å². The van der Waals surface area contributed by atoms with Crippen LogP contribution in [0.4, 0.5) is 5.69 Å². The molecule has 0 bridgehead atoms. The van der Waals surface area contributed by atoms with E-state index in [1.807, 2.05) is 74.5 Å². The van der Waals surface area contributed by atoms with E-state index in [1.54, 1.807) is 0 Å². The summed E-state index contributed by atoms with van der Waals surface area (Å²) in [5.41, 5.74) is 6.39. The average molecular weight is 470 g/mol. The van der Waals surface area contributed by atoms with Crippen LogP contribution in [0.2, 0.25) is 0 Å². The predicted octanol–water partition coefficient (Wildman–Crippen LogP) is 4.74. The van der Waals surface area contributed by atoms with Gasteiger partial charge in [-0.2, -0.15) is 5.10 Å². The molecule has 0 aliphatic carbocycles. The van der Waals surface area contributed by atoms with Crippen LogP contribution in [0.15, 0.2) is 84.1 Å². The standard InChI is InChI=1S/C26H23N5O4/c1-18-15-21(16-28-29-26(32)25-24(31(33)34)9-6-14-27-25)19(2)30(18)22-10-12-23(13-11-22)35-17-20-7-4-3-5-8-20/h3-16H,17H2,1-2H3,(H,29,32)/b28-16+. The Kier molecular flexibility index (Phi) is 6.96. The van der Waals surface area contributed by atoms with E-state index >= 15 is 0 Å². The molecule has 0 saturated heterocycles. The molecule has 35 heavy (non-hydrogen) atoms. The third kappa shape index (κ3) is 5.41. The van der Waals surface area contributed by atoms with E-state index < -0.39 is 10.8 Å². The number of aromatic nitrogens is 2. The van der Waals surface area contributed by atoms with Crippen molar-refractivity contribution < 1.29 is 14.5 Å². The van der Waals surface area contributed by atoms with E-state index in [2.05, 4.69) is 20.1 Å². The van der Waals surface area contributed by atoms with Gasteiger partial charge in [0.2, 0.25) is 5.69 Å².